The fourth-order valence-corrected chi connectivity index (χ4v) is 4.93. The van der Waals surface area contributed by atoms with E-state index in [4.69, 9.17) is 17.3 Å². The summed E-state index contributed by atoms with van der Waals surface area (Å²) in [5.41, 5.74) is 6.67. The Bertz CT molecular complexity index is 720. The third-order valence-corrected chi connectivity index (χ3v) is 6.15. The predicted octanol–water partition coefficient (Wildman–Crippen LogP) is 2.21. The monoisotopic (exact) mass is 317 g/mol. The van der Waals surface area contributed by atoms with Gasteiger partial charge in [-0.05, 0) is 18.6 Å². The van der Waals surface area contributed by atoms with Crippen molar-refractivity contribution in [2.45, 2.75) is 12.5 Å². The molecule has 1 fully saturated rings. The number of nitrogens with two attached hydrogens (primary N) is 1. The molecule has 0 spiro atoms. The van der Waals surface area contributed by atoms with Gasteiger partial charge in [0, 0.05) is 6.07 Å². The normalized spacial score (nSPS) is 21.8. The van der Waals surface area contributed by atoms with E-state index in [2.05, 4.69) is 5.10 Å². The van der Waals surface area contributed by atoms with E-state index in [-0.39, 0.29) is 17.5 Å². The van der Waals surface area contributed by atoms with Gasteiger partial charge in [-0.15, -0.1) is 11.3 Å². The first-order valence-electron chi connectivity index (χ1n) is 5.76. The van der Waals surface area contributed by atoms with Crippen molar-refractivity contribution in [2.24, 2.45) is 0 Å². The molecule has 0 aromatic carbocycles. The molecule has 2 aromatic rings. The van der Waals surface area contributed by atoms with Crippen molar-refractivity contribution in [3.8, 4) is 10.6 Å². The largest absolute Gasteiger partial charge is 0.384 e. The van der Waals surface area contributed by atoms with Gasteiger partial charge in [-0.1, -0.05) is 11.6 Å². The molecule has 8 heteroatoms. The van der Waals surface area contributed by atoms with E-state index in [0.29, 0.717) is 16.6 Å². The summed E-state index contributed by atoms with van der Waals surface area (Å²) in [5.74, 6) is 0.808. The molecule has 0 bridgehead atoms. The summed E-state index contributed by atoms with van der Waals surface area (Å²) in [6, 6.07) is 5.28. The third-order valence-electron chi connectivity index (χ3n) is 3.14. The molecule has 0 radical (unpaired) electrons. The van der Waals surface area contributed by atoms with Crippen LogP contribution in [-0.4, -0.2) is 29.7 Å². The fraction of sp³-hybridized carbons (Fsp3) is 0.364. The Hall–Kier alpha value is -1.05. The lowest BCUT2D eigenvalue weighted by Crippen LogP contribution is -2.14. The first kappa shape index (κ1) is 13.0. The van der Waals surface area contributed by atoms with Gasteiger partial charge in [0.05, 0.1) is 26.8 Å². The summed E-state index contributed by atoms with van der Waals surface area (Å²) in [7, 11) is -2.95. The second-order valence-corrected chi connectivity index (χ2v) is 8.50. The Morgan fingerprint density at radius 1 is 1.47 bits per heavy atom. The van der Waals surface area contributed by atoms with Gasteiger partial charge in [0.25, 0.3) is 0 Å². The Morgan fingerprint density at radius 3 is 2.84 bits per heavy atom. The average molecular weight is 318 g/mol. The molecule has 2 N–H and O–H groups in total. The van der Waals surface area contributed by atoms with E-state index in [1.54, 1.807) is 16.8 Å². The molecule has 1 atom stereocenters. The van der Waals surface area contributed by atoms with E-state index in [9.17, 15) is 8.42 Å². The van der Waals surface area contributed by atoms with Crippen LogP contribution in [0.4, 0.5) is 5.82 Å². The molecule has 5 nitrogen and oxygen atoms in total. The maximum absolute atomic E-state index is 11.5. The van der Waals surface area contributed by atoms with Crippen molar-refractivity contribution in [3.05, 3.63) is 22.5 Å². The van der Waals surface area contributed by atoms with Gasteiger partial charge in [-0.2, -0.15) is 5.10 Å². The maximum Gasteiger partial charge on any atom is 0.152 e. The minimum atomic E-state index is -2.95. The van der Waals surface area contributed by atoms with Gasteiger partial charge in [0.2, 0.25) is 0 Å². The van der Waals surface area contributed by atoms with Crippen molar-refractivity contribution in [2.75, 3.05) is 17.2 Å². The van der Waals surface area contributed by atoms with Crippen molar-refractivity contribution in [1.29, 1.82) is 0 Å². The minimum absolute atomic E-state index is 0.115. The number of aromatic nitrogens is 2. The molecule has 1 saturated heterocycles. The first-order chi connectivity index (χ1) is 8.94. The number of anilines is 1. The van der Waals surface area contributed by atoms with Crippen LogP contribution in [0.2, 0.25) is 4.34 Å². The third kappa shape index (κ3) is 2.50. The lowest BCUT2D eigenvalue weighted by atomic mass is 10.3. The molecule has 2 aromatic heterocycles. The minimum Gasteiger partial charge on any atom is -0.384 e. The lowest BCUT2D eigenvalue weighted by Gasteiger charge is -2.09. The van der Waals surface area contributed by atoms with Gasteiger partial charge in [-0.25, -0.2) is 13.1 Å². The number of hydrogen-bond acceptors (Lipinski definition) is 5. The molecule has 0 saturated carbocycles. The molecular formula is C11H12ClN3O2S2. The highest BCUT2D eigenvalue weighted by Gasteiger charge is 2.31. The van der Waals surface area contributed by atoms with Crippen LogP contribution in [0.3, 0.4) is 0 Å². The molecule has 3 rings (SSSR count). The van der Waals surface area contributed by atoms with Crippen LogP contribution in [0.25, 0.3) is 10.6 Å². The highest BCUT2D eigenvalue weighted by Crippen LogP contribution is 2.33. The topological polar surface area (TPSA) is 78.0 Å². The van der Waals surface area contributed by atoms with Gasteiger partial charge < -0.3 is 5.73 Å². The summed E-state index contributed by atoms with van der Waals surface area (Å²) in [6.45, 7) is 0. The molecule has 1 aliphatic rings. The zero-order valence-electron chi connectivity index (χ0n) is 9.91. The highest BCUT2D eigenvalue weighted by atomic mass is 35.5. The molecule has 102 valence electrons. The van der Waals surface area contributed by atoms with Crippen LogP contribution in [0, 0.1) is 0 Å². The van der Waals surface area contributed by atoms with Crippen molar-refractivity contribution in [3.63, 3.8) is 0 Å². The number of rotatable bonds is 2. The Labute approximate surface area is 119 Å². The van der Waals surface area contributed by atoms with Gasteiger partial charge in [0.1, 0.15) is 11.5 Å². The molecular weight excluding hydrogens is 306 g/mol. The highest BCUT2D eigenvalue weighted by molar-refractivity contribution is 7.91. The lowest BCUT2D eigenvalue weighted by molar-refractivity contribution is 0.508. The van der Waals surface area contributed by atoms with Crippen LogP contribution in [0.5, 0.6) is 0 Å². The number of nitrogen functional groups attached to an aromatic ring is 1. The van der Waals surface area contributed by atoms with Crippen LogP contribution < -0.4 is 5.73 Å². The van der Waals surface area contributed by atoms with Crippen LogP contribution in [-0.2, 0) is 9.84 Å². The molecule has 19 heavy (non-hydrogen) atoms. The Kier molecular flexibility index (Phi) is 3.07. The van der Waals surface area contributed by atoms with Crippen LogP contribution >= 0.6 is 22.9 Å². The Balaban J connectivity index is 1.94. The zero-order chi connectivity index (χ0) is 13.6. The summed E-state index contributed by atoms with van der Waals surface area (Å²) >= 11 is 7.32. The second-order valence-electron chi connectivity index (χ2n) is 4.56. The fourth-order valence-electron chi connectivity index (χ4n) is 2.24. The van der Waals surface area contributed by atoms with E-state index in [1.165, 1.54) is 11.3 Å². The zero-order valence-corrected chi connectivity index (χ0v) is 12.3. The molecule has 1 aliphatic heterocycles. The van der Waals surface area contributed by atoms with E-state index < -0.39 is 9.84 Å². The SMILES string of the molecule is Nc1cc(-c2ccc(Cl)s2)nn1C1CCS(=O)(=O)C1. The van der Waals surface area contributed by atoms with Gasteiger partial charge >= 0.3 is 0 Å². The molecule has 0 aliphatic carbocycles. The molecule has 0 amide bonds. The number of sulfone groups is 1. The number of nitrogens with zero attached hydrogens (tertiary/aromatic N) is 2. The van der Waals surface area contributed by atoms with Crippen molar-refractivity contribution < 1.29 is 8.42 Å². The van der Waals surface area contributed by atoms with E-state index in [0.717, 1.165) is 10.6 Å². The predicted molar refractivity (Wildman–Crippen MR) is 77.3 cm³/mol. The second kappa shape index (κ2) is 4.50. The Morgan fingerprint density at radius 2 is 2.26 bits per heavy atom. The maximum atomic E-state index is 11.5. The molecule has 3 heterocycles. The standard InChI is InChI=1S/C11H12ClN3O2S2/c12-10-2-1-9(18-10)8-5-11(13)15(14-8)7-3-4-19(16,17)6-7/h1-2,5,7H,3-4,6,13H2. The van der Waals surface area contributed by atoms with Gasteiger partial charge in [-0.3, -0.25) is 0 Å². The van der Waals surface area contributed by atoms with E-state index >= 15 is 0 Å². The summed E-state index contributed by atoms with van der Waals surface area (Å²) in [5, 5.41) is 4.42. The van der Waals surface area contributed by atoms with E-state index in [1.807, 2.05) is 6.07 Å². The van der Waals surface area contributed by atoms with Crippen molar-refractivity contribution >= 4 is 38.6 Å². The number of halogens is 1. The summed E-state index contributed by atoms with van der Waals surface area (Å²) < 4.78 is 25.3. The van der Waals surface area contributed by atoms with Crippen molar-refractivity contribution in [1.82, 2.24) is 9.78 Å². The number of thiophene rings is 1. The smallest absolute Gasteiger partial charge is 0.152 e. The first-order valence-corrected chi connectivity index (χ1v) is 8.77. The molecule has 1 unspecified atom stereocenters. The van der Waals surface area contributed by atoms with Gasteiger partial charge in [0.15, 0.2) is 9.84 Å². The van der Waals surface area contributed by atoms with Crippen LogP contribution in [0.15, 0.2) is 18.2 Å². The van der Waals surface area contributed by atoms with Crippen LogP contribution in [0.1, 0.15) is 12.5 Å². The quantitative estimate of drug-likeness (QED) is 0.921. The summed E-state index contributed by atoms with van der Waals surface area (Å²) in [6.07, 6.45) is 0.568. The number of hydrogen-bond donors (Lipinski definition) is 1. The average Bonchev–Trinajstić information content (AvgIpc) is 2.98. The summed E-state index contributed by atoms with van der Waals surface area (Å²) in [4.78, 5) is 0.927.